The van der Waals surface area contributed by atoms with Gasteiger partial charge in [-0.05, 0) is 181 Å². The van der Waals surface area contributed by atoms with Crippen LogP contribution in [0.15, 0.2) is 60.7 Å². The zero-order chi connectivity index (χ0) is 46.2. The van der Waals surface area contributed by atoms with Crippen molar-refractivity contribution in [1.82, 2.24) is 8.80 Å². The number of ketones is 2. The van der Waals surface area contributed by atoms with Crippen molar-refractivity contribution in [1.29, 1.82) is 0 Å². The molecule has 0 saturated heterocycles. The molecule has 0 unspecified atom stereocenters. The molecule has 2 saturated carbocycles. The first kappa shape index (κ1) is 41.2. The lowest BCUT2D eigenvalue weighted by Gasteiger charge is -2.42. The molecule has 6 aliphatic rings. The Labute approximate surface area is 390 Å². The molecule has 2 fully saturated rings. The molecule has 66 heavy (non-hydrogen) atoms. The molecule has 4 nitrogen and oxygen atoms in total. The van der Waals surface area contributed by atoms with Crippen LogP contribution in [0.2, 0.25) is 0 Å². The van der Waals surface area contributed by atoms with Crippen molar-refractivity contribution in [3.63, 3.8) is 0 Å². The number of Topliss-reactive ketones (excluding diaryl/α,β-unsaturated/α-hetero) is 2. The van der Waals surface area contributed by atoms with Crippen molar-refractivity contribution in [2.24, 2.45) is 33.5 Å². The Morgan fingerprint density at radius 2 is 0.742 bits per heavy atom. The number of nitrogens with zero attached hydrogens (tertiary/aromatic N) is 2. The van der Waals surface area contributed by atoms with E-state index in [0.717, 1.165) is 86.4 Å². The van der Waals surface area contributed by atoms with Crippen LogP contribution in [0.5, 0.6) is 0 Å². The topological polar surface area (TPSA) is 43.0 Å². The predicted molar refractivity (Wildman–Crippen MR) is 277 cm³/mol. The van der Waals surface area contributed by atoms with Crippen molar-refractivity contribution >= 4 is 87.8 Å². The number of aromatic nitrogens is 2. The fourth-order valence-corrected chi connectivity index (χ4v) is 15.3. The van der Waals surface area contributed by atoms with Crippen molar-refractivity contribution < 1.29 is 9.59 Å². The molecule has 4 heteroatoms. The quantitative estimate of drug-likeness (QED) is 0.177. The summed E-state index contributed by atoms with van der Waals surface area (Å²) in [5.41, 5.74) is 14.1. The highest BCUT2D eigenvalue weighted by Crippen LogP contribution is 2.59. The molecular weight excluding hydrogens is 805 g/mol. The van der Waals surface area contributed by atoms with Crippen LogP contribution in [-0.2, 0) is 23.7 Å². The average Bonchev–Trinajstić information content (AvgIpc) is 3.89. The van der Waals surface area contributed by atoms with Crippen LogP contribution in [0.1, 0.15) is 177 Å². The lowest BCUT2D eigenvalue weighted by atomic mass is 9.60. The fourth-order valence-electron chi connectivity index (χ4n) is 15.3. The molecule has 4 aromatic heterocycles. The van der Waals surface area contributed by atoms with E-state index in [1.807, 2.05) is 0 Å². The van der Waals surface area contributed by atoms with Gasteiger partial charge in [0.1, 0.15) is 0 Å². The molecule has 5 aromatic carbocycles. The van der Waals surface area contributed by atoms with Gasteiger partial charge in [0.25, 0.3) is 0 Å². The van der Waals surface area contributed by atoms with E-state index in [4.69, 9.17) is 0 Å². The van der Waals surface area contributed by atoms with Crippen LogP contribution in [0.3, 0.4) is 0 Å². The van der Waals surface area contributed by atoms with Crippen LogP contribution in [0.4, 0.5) is 0 Å². The highest BCUT2D eigenvalue weighted by molar-refractivity contribution is 6.30. The summed E-state index contributed by atoms with van der Waals surface area (Å²) in [6, 6.07) is 24.6. The van der Waals surface area contributed by atoms with Crippen LogP contribution in [0, 0.1) is 33.5 Å². The third-order valence-corrected chi connectivity index (χ3v) is 19.2. The Balaban J connectivity index is 1.17. The van der Waals surface area contributed by atoms with E-state index >= 15 is 9.59 Å². The number of carbonyl (C=O) groups is 2. The maximum atomic E-state index is 15.1. The summed E-state index contributed by atoms with van der Waals surface area (Å²) in [5, 5.41) is 10.3. The molecule has 0 amide bonds. The number of benzene rings is 5. The van der Waals surface area contributed by atoms with Gasteiger partial charge in [0, 0.05) is 65.0 Å². The number of hydrogen-bond donors (Lipinski definition) is 0. The molecule has 6 aliphatic carbocycles. The van der Waals surface area contributed by atoms with E-state index < -0.39 is 0 Å². The number of carbonyl (C=O) groups excluding carboxylic acids is 2. The second-order valence-electron chi connectivity index (χ2n) is 26.3. The summed E-state index contributed by atoms with van der Waals surface area (Å²) < 4.78 is 5.09. The Kier molecular flexibility index (Phi) is 7.85. The van der Waals surface area contributed by atoms with Gasteiger partial charge in [0.15, 0.2) is 11.6 Å². The van der Waals surface area contributed by atoms with Gasteiger partial charge in [-0.15, -0.1) is 0 Å². The van der Waals surface area contributed by atoms with E-state index in [1.54, 1.807) is 0 Å². The fraction of sp³-hybridized carbons (Fsp3) is 0.484. The SMILES string of the molecule is CC(C)C12CCC(C)(CC1)c1cc3c4cc(CC(C)(C)C)cc5c6cc7c(cc6n(c3cc1C2=O)c45)c1cc(CC(C)(C)C)cc2c3cc4c(cc3n7c21)C(=O)C1(C(C)C)CCC4(C)CC1. The summed E-state index contributed by atoms with van der Waals surface area (Å²) in [5.74, 6) is 1.35. The summed E-state index contributed by atoms with van der Waals surface area (Å²) in [6.45, 7) is 28.1. The Bertz CT molecular complexity index is 3390. The Morgan fingerprint density at radius 1 is 0.439 bits per heavy atom. The maximum absolute atomic E-state index is 15.1. The van der Waals surface area contributed by atoms with Gasteiger partial charge in [0.2, 0.25) is 0 Å². The number of hydrogen-bond acceptors (Lipinski definition) is 2. The van der Waals surface area contributed by atoms with Crippen molar-refractivity contribution in [2.45, 2.75) is 158 Å². The summed E-state index contributed by atoms with van der Waals surface area (Å²) in [4.78, 5) is 30.3. The second kappa shape index (κ2) is 12.6. The summed E-state index contributed by atoms with van der Waals surface area (Å²) in [6.07, 6.45) is 10.1. The molecule has 4 bridgehead atoms. The molecule has 4 heterocycles. The van der Waals surface area contributed by atoms with Crippen LogP contribution in [0.25, 0.3) is 76.2 Å². The average molecular weight is 873 g/mol. The summed E-state index contributed by atoms with van der Waals surface area (Å²) >= 11 is 0. The standard InChI is InChI=1S/C62H68N2O2/c1-33(2)61-17-13-59(11,14-18-61)47-25-37-41-21-35(31-57(5,6)7)23-43-39-28-50-40(27-49(39)63(53(41)43)51(37)29-45(47)55(61)65)44-24-36(32-58(8,9)10)22-42-38-26-48-46(30-52(38)64(50)54(42)44)56(66)62(34(3)4)19-15-60(48,12)16-20-62/h21-30,33-34H,13-20,31-32H2,1-12H3. The molecule has 15 rings (SSSR count). The molecule has 0 radical (unpaired) electrons. The van der Waals surface area contributed by atoms with Crippen molar-refractivity contribution in [3.8, 4) is 0 Å². The van der Waals surface area contributed by atoms with Gasteiger partial charge in [0.05, 0.1) is 33.1 Å². The molecule has 0 atom stereocenters. The van der Waals surface area contributed by atoms with E-state index in [2.05, 4.69) is 153 Å². The lowest BCUT2D eigenvalue weighted by molar-refractivity contribution is 0.0537. The van der Waals surface area contributed by atoms with Crippen LogP contribution >= 0.6 is 0 Å². The van der Waals surface area contributed by atoms with Gasteiger partial charge in [-0.3, -0.25) is 9.59 Å². The van der Waals surface area contributed by atoms with Gasteiger partial charge < -0.3 is 8.80 Å². The molecule has 0 spiro atoms. The van der Waals surface area contributed by atoms with Crippen LogP contribution in [-0.4, -0.2) is 20.4 Å². The minimum absolute atomic E-state index is 0.00742. The van der Waals surface area contributed by atoms with Crippen LogP contribution < -0.4 is 0 Å². The predicted octanol–water partition coefficient (Wildman–Crippen LogP) is 16.5. The van der Waals surface area contributed by atoms with E-state index in [9.17, 15) is 0 Å². The lowest BCUT2D eigenvalue weighted by Crippen LogP contribution is -2.39. The smallest absolute Gasteiger partial charge is 0.169 e. The Morgan fingerprint density at radius 3 is 1.05 bits per heavy atom. The number of rotatable bonds is 4. The minimum Gasteiger partial charge on any atom is -0.308 e. The highest BCUT2D eigenvalue weighted by atomic mass is 16.1. The maximum Gasteiger partial charge on any atom is 0.169 e. The van der Waals surface area contributed by atoms with Gasteiger partial charge in [-0.2, -0.15) is 0 Å². The first-order valence-corrected chi connectivity index (χ1v) is 25.7. The summed E-state index contributed by atoms with van der Waals surface area (Å²) in [7, 11) is 0. The van der Waals surface area contributed by atoms with E-state index in [1.165, 1.54) is 87.4 Å². The van der Waals surface area contributed by atoms with E-state index in [-0.39, 0.29) is 32.5 Å². The monoisotopic (exact) mass is 873 g/mol. The van der Waals surface area contributed by atoms with Gasteiger partial charge in [-0.1, -0.05) is 83.1 Å². The van der Waals surface area contributed by atoms with Crippen molar-refractivity contribution in [2.75, 3.05) is 0 Å². The normalized spacial score (nSPS) is 26.1. The van der Waals surface area contributed by atoms with Gasteiger partial charge >= 0.3 is 0 Å². The first-order valence-electron chi connectivity index (χ1n) is 25.7. The largest absolute Gasteiger partial charge is 0.308 e. The molecule has 0 N–H and O–H groups in total. The van der Waals surface area contributed by atoms with E-state index in [0.29, 0.717) is 23.4 Å². The zero-order valence-electron chi connectivity index (χ0n) is 41.7. The number of fused-ring (bicyclic) bond motifs is 16. The van der Waals surface area contributed by atoms with Gasteiger partial charge in [-0.25, -0.2) is 0 Å². The Hall–Kier alpha value is -4.96. The molecule has 9 aromatic rings. The minimum atomic E-state index is -0.297. The first-order chi connectivity index (χ1) is 31.0. The molecular formula is C62H68N2O2. The highest BCUT2D eigenvalue weighted by Gasteiger charge is 2.54. The zero-order valence-corrected chi connectivity index (χ0v) is 41.7. The van der Waals surface area contributed by atoms with Crippen molar-refractivity contribution in [3.05, 3.63) is 94.0 Å². The second-order valence-corrected chi connectivity index (χ2v) is 26.3. The third kappa shape index (κ3) is 5.12. The third-order valence-electron chi connectivity index (χ3n) is 19.2. The molecule has 0 aliphatic heterocycles. The molecule has 338 valence electrons.